The summed E-state index contributed by atoms with van der Waals surface area (Å²) in [6, 6.07) is 0. The van der Waals surface area contributed by atoms with Gasteiger partial charge in [-0.1, -0.05) is 13.8 Å². The van der Waals surface area contributed by atoms with Gasteiger partial charge in [0.15, 0.2) is 0 Å². The van der Waals surface area contributed by atoms with Crippen LogP contribution in [0.25, 0.3) is 0 Å². The predicted molar refractivity (Wildman–Crippen MR) is 61.7 cm³/mol. The molecule has 4 atom stereocenters. The summed E-state index contributed by atoms with van der Waals surface area (Å²) in [5, 5.41) is 35.9. The molecule has 19 heavy (non-hydrogen) atoms. The molecule has 4 unspecified atom stereocenters. The first-order chi connectivity index (χ1) is 8.70. The van der Waals surface area contributed by atoms with Gasteiger partial charge < -0.3 is 25.2 Å². The third-order valence-corrected chi connectivity index (χ3v) is 2.84. The van der Waals surface area contributed by atoms with Gasteiger partial charge in [-0.2, -0.15) is 0 Å². The van der Waals surface area contributed by atoms with Crippen LogP contribution in [0, 0.1) is 11.8 Å². The van der Waals surface area contributed by atoms with Crippen molar-refractivity contribution in [3.8, 4) is 0 Å². The molecule has 0 aliphatic rings. The highest BCUT2D eigenvalue weighted by Crippen LogP contribution is 2.24. The van der Waals surface area contributed by atoms with Gasteiger partial charge in [-0.3, -0.25) is 9.59 Å². The van der Waals surface area contributed by atoms with Crippen molar-refractivity contribution in [2.45, 2.75) is 38.9 Å². The molecule has 0 saturated heterocycles. The first-order valence-corrected chi connectivity index (χ1v) is 5.73. The van der Waals surface area contributed by atoms with Gasteiger partial charge in [0.1, 0.15) is 12.0 Å². The van der Waals surface area contributed by atoms with Crippen LogP contribution in [0.15, 0.2) is 0 Å². The monoisotopic (exact) mass is 278 g/mol. The Morgan fingerprint density at radius 1 is 1.11 bits per heavy atom. The van der Waals surface area contributed by atoms with Crippen molar-refractivity contribution in [3.05, 3.63) is 0 Å². The molecule has 0 aromatic carbocycles. The third kappa shape index (κ3) is 5.56. The maximum Gasteiger partial charge on any atom is 0.506 e. The number of carbonyl (C=O) groups is 3. The zero-order valence-corrected chi connectivity index (χ0v) is 10.6. The molecule has 0 spiro atoms. The number of hydrogen-bond donors (Lipinski definition) is 4. The number of aliphatic hydroxyl groups excluding tert-OH is 1. The lowest BCUT2D eigenvalue weighted by Gasteiger charge is -2.26. The Morgan fingerprint density at radius 2 is 1.63 bits per heavy atom. The van der Waals surface area contributed by atoms with E-state index in [9.17, 15) is 19.5 Å². The summed E-state index contributed by atoms with van der Waals surface area (Å²) in [6.07, 6.45) is -4.09. The Bertz CT molecular complexity index is 340. The molecule has 8 heteroatoms. The van der Waals surface area contributed by atoms with E-state index in [4.69, 9.17) is 15.3 Å². The quantitative estimate of drug-likeness (QED) is 0.474. The van der Waals surface area contributed by atoms with Gasteiger partial charge in [-0.15, -0.1) is 0 Å². The molecule has 0 aromatic rings. The summed E-state index contributed by atoms with van der Waals surface area (Å²) in [4.78, 5) is 32.5. The van der Waals surface area contributed by atoms with E-state index in [2.05, 4.69) is 4.74 Å². The number of carboxylic acid groups (broad SMARTS) is 3. The maximum atomic E-state index is 11.1. The van der Waals surface area contributed by atoms with Gasteiger partial charge >= 0.3 is 18.1 Å². The van der Waals surface area contributed by atoms with Crippen molar-refractivity contribution in [2.24, 2.45) is 11.8 Å². The van der Waals surface area contributed by atoms with E-state index in [-0.39, 0.29) is 12.8 Å². The van der Waals surface area contributed by atoms with Crippen LogP contribution in [0.3, 0.4) is 0 Å². The summed E-state index contributed by atoms with van der Waals surface area (Å²) < 4.78 is 4.43. The van der Waals surface area contributed by atoms with Crippen molar-refractivity contribution < 1.29 is 39.5 Å². The summed E-state index contributed by atoms with van der Waals surface area (Å²) >= 11 is 0. The number of rotatable bonds is 8. The smallest absolute Gasteiger partial charge is 0.481 e. The second-order valence-electron chi connectivity index (χ2n) is 4.21. The van der Waals surface area contributed by atoms with E-state index < -0.39 is 42.1 Å². The maximum absolute atomic E-state index is 11.1. The van der Waals surface area contributed by atoms with Crippen LogP contribution in [-0.4, -0.2) is 50.7 Å². The Hall–Kier alpha value is -1.83. The molecule has 110 valence electrons. The second-order valence-corrected chi connectivity index (χ2v) is 4.21. The molecule has 0 saturated carbocycles. The largest absolute Gasteiger partial charge is 0.506 e. The van der Waals surface area contributed by atoms with Gasteiger partial charge in [-0.25, -0.2) is 4.79 Å². The standard InChI is InChI=1S/C11H18O8/c1-3-6(12)4-7(19-11(17)18)8(10(15)16)5(2)9(13)14/h5-8,12H,3-4H2,1-2H3,(H,13,14)(H,15,16)(H,17,18). The van der Waals surface area contributed by atoms with Crippen molar-refractivity contribution in [1.29, 1.82) is 0 Å². The van der Waals surface area contributed by atoms with Crippen molar-refractivity contribution in [2.75, 3.05) is 0 Å². The molecule has 0 radical (unpaired) electrons. The highest BCUT2D eigenvalue weighted by Gasteiger charge is 2.40. The lowest BCUT2D eigenvalue weighted by atomic mass is 9.86. The summed E-state index contributed by atoms with van der Waals surface area (Å²) in [7, 11) is 0. The average molecular weight is 278 g/mol. The zero-order chi connectivity index (χ0) is 15.2. The molecular formula is C11H18O8. The summed E-state index contributed by atoms with van der Waals surface area (Å²) in [6.45, 7) is 2.77. The van der Waals surface area contributed by atoms with Gasteiger partial charge in [-0.05, 0) is 6.42 Å². The van der Waals surface area contributed by atoms with Crippen LogP contribution in [0.1, 0.15) is 26.7 Å². The summed E-state index contributed by atoms with van der Waals surface area (Å²) in [5.74, 6) is -5.76. The number of aliphatic hydroxyl groups is 1. The Kier molecular flexibility index (Phi) is 6.84. The van der Waals surface area contributed by atoms with Gasteiger partial charge in [0.2, 0.25) is 0 Å². The second kappa shape index (κ2) is 7.57. The molecule has 0 aliphatic carbocycles. The minimum atomic E-state index is -1.71. The van der Waals surface area contributed by atoms with Crippen LogP contribution in [0.4, 0.5) is 4.79 Å². The lowest BCUT2D eigenvalue weighted by Crippen LogP contribution is -2.41. The van der Waals surface area contributed by atoms with Crippen molar-refractivity contribution in [3.63, 3.8) is 0 Å². The van der Waals surface area contributed by atoms with Gasteiger partial charge in [0.25, 0.3) is 0 Å². The minimum Gasteiger partial charge on any atom is -0.481 e. The molecule has 0 aliphatic heterocycles. The highest BCUT2D eigenvalue weighted by molar-refractivity contribution is 5.80. The molecule has 0 bridgehead atoms. The normalized spacial score (nSPS) is 17.0. The van der Waals surface area contributed by atoms with Crippen molar-refractivity contribution >= 4 is 18.1 Å². The Morgan fingerprint density at radius 3 is 1.95 bits per heavy atom. The van der Waals surface area contributed by atoms with Gasteiger partial charge in [0, 0.05) is 6.42 Å². The number of aliphatic carboxylic acids is 2. The van der Waals surface area contributed by atoms with E-state index >= 15 is 0 Å². The molecule has 0 rings (SSSR count). The van der Waals surface area contributed by atoms with Crippen LogP contribution >= 0.6 is 0 Å². The number of ether oxygens (including phenoxy) is 1. The zero-order valence-electron chi connectivity index (χ0n) is 10.6. The number of carboxylic acids is 2. The van der Waals surface area contributed by atoms with E-state index in [0.717, 1.165) is 6.92 Å². The number of hydrogen-bond acceptors (Lipinski definition) is 5. The van der Waals surface area contributed by atoms with E-state index in [1.165, 1.54) is 0 Å². The first kappa shape index (κ1) is 17.2. The fourth-order valence-electron chi connectivity index (χ4n) is 1.68. The van der Waals surface area contributed by atoms with E-state index in [1.54, 1.807) is 6.92 Å². The predicted octanol–water partition coefficient (Wildman–Crippen LogP) is 0.632. The molecular weight excluding hydrogens is 260 g/mol. The van der Waals surface area contributed by atoms with Crippen LogP contribution in [0.5, 0.6) is 0 Å². The lowest BCUT2D eigenvalue weighted by molar-refractivity contribution is -0.159. The van der Waals surface area contributed by atoms with E-state index in [1.807, 2.05) is 0 Å². The average Bonchev–Trinajstić information content (AvgIpc) is 2.27. The molecule has 4 N–H and O–H groups in total. The van der Waals surface area contributed by atoms with Crippen LogP contribution in [0.2, 0.25) is 0 Å². The highest BCUT2D eigenvalue weighted by atomic mass is 16.7. The fraction of sp³-hybridized carbons (Fsp3) is 0.727. The van der Waals surface area contributed by atoms with E-state index in [0.29, 0.717) is 0 Å². The SMILES string of the molecule is CCC(O)CC(OC(=O)O)C(C(=O)O)C(C)C(=O)O. The Labute approximate surface area is 109 Å². The minimum absolute atomic E-state index is 0.266. The molecule has 0 heterocycles. The Balaban J connectivity index is 5.17. The van der Waals surface area contributed by atoms with Gasteiger partial charge in [0.05, 0.1) is 12.0 Å². The van der Waals surface area contributed by atoms with Crippen LogP contribution < -0.4 is 0 Å². The topological polar surface area (TPSA) is 141 Å². The molecule has 0 amide bonds. The van der Waals surface area contributed by atoms with Crippen molar-refractivity contribution in [1.82, 2.24) is 0 Å². The third-order valence-electron chi connectivity index (χ3n) is 2.84. The summed E-state index contributed by atoms with van der Waals surface area (Å²) in [5.41, 5.74) is 0. The van der Waals surface area contributed by atoms with Crippen LogP contribution in [-0.2, 0) is 14.3 Å². The molecule has 0 fully saturated rings. The first-order valence-electron chi connectivity index (χ1n) is 5.73. The molecule has 0 aromatic heterocycles. The molecule has 8 nitrogen and oxygen atoms in total. The fourth-order valence-corrected chi connectivity index (χ4v) is 1.68.